The summed E-state index contributed by atoms with van der Waals surface area (Å²) in [5.74, 6) is 1.57. The van der Waals surface area contributed by atoms with Crippen LogP contribution in [-0.2, 0) is 0 Å². The largest absolute Gasteiger partial charge is 0.457 e. The van der Waals surface area contributed by atoms with Crippen LogP contribution in [0.5, 0.6) is 11.5 Å². The molecule has 0 aliphatic rings. The summed E-state index contributed by atoms with van der Waals surface area (Å²) in [5, 5.41) is 4.08. The fourth-order valence-corrected chi connectivity index (χ4v) is 2.42. The average Bonchev–Trinajstić information content (AvgIpc) is 2.42. The van der Waals surface area contributed by atoms with Crippen molar-refractivity contribution in [1.29, 1.82) is 0 Å². The van der Waals surface area contributed by atoms with Gasteiger partial charge in [-0.3, -0.25) is 0 Å². The Hall–Kier alpha value is -1.51. The van der Waals surface area contributed by atoms with Crippen LogP contribution in [0.2, 0.25) is 5.02 Å². The molecule has 2 aromatic carbocycles. The molecule has 2 rings (SSSR count). The van der Waals surface area contributed by atoms with Gasteiger partial charge in [-0.25, -0.2) is 0 Å². The van der Waals surface area contributed by atoms with Crippen molar-refractivity contribution in [3.63, 3.8) is 0 Å². The first-order valence-electron chi connectivity index (χ1n) is 6.87. The van der Waals surface area contributed by atoms with Gasteiger partial charge in [0, 0.05) is 11.1 Å². The molecule has 106 valence electrons. The van der Waals surface area contributed by atoms with Crippen LogP contribution >= 0.6 is 11.6 Å². The van der Waals surface area contributed by atoms with Crippen molar-refractivity contribution in [2.45, 2.75) is 26.8 Å². The summed E-state index contributed by atoms with van der Waals surface area (Å²) in [6, 6.07) is 14.0. The summed E-state index contributed by atoms with van der Waals surface area (Å²) >= 11 is 6.33. The minimum atomic E-state index is 0.237. The molecule has 0 spiro atoms. The van der Waals surface area contributed by atoms with Gasteiger partial charge in [0.1, 0.15) is 11.5 Å². The van der Waals surface area contributed by atoms with E-state index in [2.05, 4.69) is 26.1 Å². The topological polar surface area (TPSA) is 21.3 Å². The zero-order valence-corrected chi connectivity index (χ0v) is 12.9. The van der Waals surface area contributed by atoms with Crippen molar-refractivity contribution in [2.75, 3.05) is 6.54 Å². The van der Waals surface area contributed by atoms with Gasteiger partial charge in [0.25, 0.3) is 0 Å². The fourth-order valence-electron chi connectivity index (χ4n) is 2.08. The van der Waals surface area contributed by atoms with Crippen molar-refractivity contribution in [2.24, 2.45) is 0 Å². The quantitative estimate of drug-likeness (QED) is 0.826. The van der Waals surface area contributed by atoms with Gasteiger partial charge in [-0.1, -0.05) is 42.3 Å². The second-order valence-corrected chi connectivity index (χ2v) is 5.28. The molecule has 3 heteroatoms. The van der Waals surface area contributed by atoms with Gasteiger partial charge in [0.05, 0.1) is 0 Å². The number of ether oxygens (including phenoxy) is 1. The van der Waals surface area contributed by atoms with Gasteiger partial charge >= 0.3 is 0 Å². The first-order chi connectivity index (χ1) is 9.60. The smallest absolute Gasteiger partial charge is 0.128 e. The molecule has 0 aromatic heterocycles. The Labute approximate surface area is 125 Å². The minimum absolute atomic E-state index is 0.237. The molecule has 1 atom stereocenters. The van der Waals surface area contributed by atoms with E-state index in [0.717, 1.165) is 28.6 Å². The molecule has 2 aromatic rings. The predicted molar refractivity (Wildman–Crippen MR) is 84.8 cm³/mol. The van der Waals surface area contributed by atoms with Crippen LogP contribution < -0.4 is 10.1 Å². The van der Waals surface area contributed by atoms with Crippen molar-refractivity contribution < 1.29 is 4.74 Å². The van der Waals surface area contributed by atoms with Crippen LogP contribution in [0.25, 0.3) is 0 Å². The molecule has 0 radical (unpaired) electrons. The van der Waals surface area contributed by atoms with E-state index in [1.54, 1.807) is 0 Å². The molecule has 0 saturated heterocycles. The van der Waals surface area contributed by atoms with Crippen molar-refractivity contribution in [3.05, 3.63) is 58.6 Å². The molecule has 1 unspecified atom stereocenters. The Balaban J connectivity index is 2.14. The lowest BCUT2D eigenvalue weighted by Gasteiger charge is -2.15. The summed E-state index contributed by atoms with van der Waals surface area (Å²) in [4.78, 5) is 0. The molecular formula is C17H20ClNO. The molecule has 0 aliphatic carbocycles. The Kier molecular flexibility index (Phi) is 5.05. The third-order valence-corrected chi connectivity index (χ3v) is 3.53. The van der Waals surface area contributed by atoms with E-state index < -0.39 is 0 Å². The number of nitrogens with one attached hydrogen (secondary N) is 1. The maximum absolute atomic E-state index is 6.33. The second-order valence-electron chi connectivity index (χ2n) is 4.88. The highest BCUT2D eigenvalue weighted by molar-refractivity contribution is 6.31. The summed E-state index contributed by atoms with van der Waals surface area (Å²) in [5.41, 5.74) is 2.30. The van der Waals surface area contributed by atoms with E-state index in [4.69, 9.17) is 16.3 Å². The highest BCUT2D eigenvalue weighted by atomic mass is 35.5. The van der Waals surface area contributed by atoms with Gasteiger partial charge < -0.3 is 10.1 Å². The number of hydrogen-bond acceptors (Lipinski definition) is 2. The number of hydrogen-bond donors (Lipinski definition) is 1. The van der Waals surface area contributed by atoms with E-state index in [0.29, 0.717) is 0 Å². The number of benzene rings is 2. The van der Waals surface area contributed by atoms with E-state index in [1.807, 2.05) is 42.5 Å². The van der Waals surface area contributed by atoms with E-state index >= 15 is 0 Å². The molecule has 2 nitrogen and oxygen atoms in total. The van der Waals surface area contributed by atoms with Crippen molar-refractivity contribution in [1.82, 2.24) is 5.32 Å². The van der Waals surface area contributed by atoms with Crippen LogP contribution in [0, 0.1) is 6.92 Å². The van der Waals surface area contributed by atoms with Crippen LogP contribution in [0.4, 0.5) is 0 Å². The number of rotatable bonds is 5. The first-order valence-corrected chi connectivity index (χ1v) is 7.25. The molecule has 0 aliphatic heterocycles. The molecule has 0 heterocycles. The maximum atomic E-state index is 6.33. The fraction of sp³-hybridized carbons (Fsp3) is 0.294. The monoisotopic (exact) mass is 289 g/mol. The lowest BCUT2D eigenvalue weighted by atomic mass is 10.1. The Bertz CT molecular complexity index is 566. The van der Waals surface area contributed by atoms with E-state index in [1.165, 1.54) is 5.56 Å². The Morgan fingerprint density at radius 3 is 2.35 bits per heavy atom. The molecule has 0 bridgehead atoms. The van der Waals surface area contributed by atoms with E-state index in [9.17, 15) is 0 Å². The van der Waals surface area contributed by atoms with Gasteiger partial charge in [-0.05, 0) is 50.2 Å². The molecule has 20 heavy (non-hydrogen) atoms. The predicted octanol–water partition coefficient (Wildman–Crippen LogP) is 5.11. The third-order valence-electron chi connectivity index (χ3n) is 3.21. The maximum Gasteiger partial charge on any atom is 0.128 e. The number of aryl methyl sites for hydroxylation is 1. The number of halogens is 1. The Morgan fingerprint density at radius 2 is 1.75 bits per heavy atom. The van der Waals surface area contributed by atoms with Crippen LogP contribution in [-0.4, -0.2) is 6.54 Å². The highest BCUT2D eigenvalue weighted by Gasteiger charge is 2.09. The van der Waals surface area contributed by atoms with Gasteiger partial charge in [0.2, 0.25) is 0 Å². The summed E-state index contributed by atoms with van der Waals surface area (Å²) in [6.45, 7) is 7.15. The average molecular weight is 290 g/mol. The third kappa shape index (κ3) is 3.75. The zero-order valence-electron chi connectivity index (χ0n) is 12.1. The van der Waals surface area contributed by atoms with Gasteiger partial charge in [0.15, 0.2) is 0 Å². The lowest BCUT2D eigenvalue weighted by Crippen LogP contribution is -2.17. The van der Waals surface area contributed by atoms with Crippen LogP contribution in [0.3, 0.4) is 0 Å². The molecular weight excluding hydrogens is 270 g/mol. The van der Waals surface area contributed by atoms with Crippen molar-refractivity contribution >= 4 is 11.6 Å². The standard InChI is InChI=1S/C17H20ClNO/c1-4-19-13(3)16-10-9-15(11-17(16)18)20-14-7-5-12(2)6-8-14/h5-11,13,19H,4H2,1-3H3. The molecule has 0 saturated carbocycles. The first kappa shape index (κ1) is 14.9. The Morgan fingerprint density at radius 1 is 1.10 bits per heavy atom. The summed E-state index contributed by atoms with van der Waals surface area (Å²) < 4.78 is 5.80. The molecule has 0 fully saturated rings. The van der Waals surface area contributed by atoms with Crippen LogP contribution in [0.15, 0.2) is 42.5 Å². The second kappa shape index (κ2) is 6.78. The summed E-state index contributed by atoms with van der Waals surface area (Å²) in [6.07, 6.45) is 0. The van der Waals surface area contributed by atoms with E-state index in [-0.39, 0.29) is 6.04 Å². The van der Waals surface area contributed by atoms with Gasteiger partial charge in [-0.15, -0.1) is 0 Å². The zero-order chi connectivity index (χ0) is 14.5. The van der Waals surface area contributed by atoms with Gasteiger partial charge in [-0.2, -0.15) is 0 Å². The normalized spacial score (nSPS) is 12.2. The SMILES string of the molecule is CCNC(C)c1ccc(Oc2ccc(C)cc2)cc1Cl. The molecule has 1 N–H and O–H groups in total. The lowest BCUT2D eigenvalue weighted by molar-refractivity contribution is 0.482. The van der Waals surface area contributed by atoms with Crippen LogP contribution in [0.1, 0.15) is 31.0 Å². The minimum Gasteiger partial charge on any atom is -0.457 e. The highest BCUT2D eigenvalue weighted by Crippen LogP contribution is 2.30. The molecule has 0 amide bonds. The summed E-state index contributed by atoms with van der Waals surface area (Å²) in [7, 11) is 0. The van der Waals surface area contributed by atoms with Crippen molar-refractivity contribution in [3.8, 4) is 11.5 Å².